The van der Waals surface area contributed by atoms with Crippen LogP contribution in [0.3, 0.4) is 0 Å². The summed E-state index contributed by atoms with van der Waals surface area (Å²) in [5.41, 5.74) is 6.93. The van der Waals surface area contributed by atoms with Gasteiger partial charge in [-0.1, -0.05) is 6.92 Å². The van der Waals surface area contributed by atoms with Crippen molar-refractivity contribution in [3.63, 3.8) is 0 Å². The Labute approximate surface area is 124 Å². The molecule has 2 aromatic rings. The topological polar surface area (TPSA) is 81.7 Å². The van der Waals surface area contributed by atoms with E-state index in [9.17, 15) is 0 Å². The molecule has 0 radical (unpaired) electrons. The SMILES string of the molecule is CCCn1ccnc1CNc1cc(C2CC(N)C2)ncn1. The summed E-state index contributed by atoms with van der Waals surface area (Å²) in [4.78, 5) is 13.0. The third-order valence-corrected chi connectivity index (χ3v) is 3.97. The van der Waals surface area contributed by atoms with E-state index < -0.39 is 0 Å². The molecule has 6 nitrogen and oxygen atoms in total. The molecule has 112 valence electrons. The van der Waals surface area contributed by atoms with Crippen LogP contribution in [0.4, 0.5) is 5.82 Å². The molecule has 0 unspecified atom stereocenters. The van der Waals surface area contributed by atoms with E-state index in [4.69, 9.17) is 5.73 Å². The van der Waals surface area contributed by atoms with Gasteiger partial charge in [0, 0.05) is 42.7 Å². The molecule has 21 heavy (non-hydrogen) atoms. The van der Waals surface area contributed by atoms with Gasteiger partial charge in [-0.05, 0) is 19.3 Å². The summed E-state index contributed by atoms with van der Waals surface area (Å²) >= 11 is 0. The predicted molar refractivity (Wildman–Crippen MR) is 81.8 cm³/mol. The molecule has 1 fully saturated rings. The van der Waals surface area contributed by atoms with Crippen LogP contribution in [0.25, 0.3) is 0 Å². The Kier molecular flexibility index (Phi) is 4.15. The van der Waals surface area contributed by atoms with Gasteiger partial charge >= 0.3 is 0 Å². The van der Waals surface area contributed by atoms with Crippen molar-refractivity contribution < 1.29 is 0 Å². The maximum Gasteiger partial charge on any atom is 0.129 e. The minimum atomic E-state index is 0.336. The van der Waals surface area contributed by atoms with Crippen LogP contribution in [0.5, 0.6) is 0 Å². The summed E-state index contributed by atoms with van der Waals surface area (Å²) in [6.07, 6.45) is 8.63. The van der Waals surface area contributed by atoms with Crippen molar-refractivity contribution in [2.45, 2.75) is 51.2 Å². The van der Waals surface area contributed by atoms with Crippen LogP contribution in [-0.2, 0) is 13.1 Å². The standard InChI is InChI=1S/C15H22N6/c1-2-4-21-5-3-17-15(21)9-18-14-8-13(19-10-20-14)11-6-12(16)7-11/h3,5,8,10-12H,2,4,6-7,9,16H2,1H3,(H,18,19,20). The lowest BCUT2D eigenvalue weighted by atomic mass is 9.79. The highest BCUT2D eigenvalue weighted by atomic mass is 15.1. The van der Waals surface area contributed by atoms with Crippen LogP contribution in [0.1, 0.15) is 43.6 Å². The van der Waals surface area contributed by atoms with Gasteiger partial charge in [0.05, 0.1) is 6.54 Å². The molecule has 0 aromatic carbocycles. The van der Waals surface area contributed by atoms with Crippen LogP contribution in [-0.4, -0.2) is 25.6 Å². The number of anilines is 1. The molecule has 3 N–H and O–H groups in total. The molecule has 1 aliphatic carbocycles. The Hall–Kier alpha value is -1.95. The summed E-state index contributed by atoms with van der Waals surface area (Å²) in [6, 6.07) is 2.37. The van der Waals surface area contributed by atoms with E-state index in [1.165, 1.54) is 0 Å². The molecule has 2 aromatic heterocycles. The Morgan fingerprint density at radius 1 is 1.33 bits per heavy atom. The molecule has 0 amide bonds. The van der Waals surface area contributed by atoms with E-state index >= 15 is 0 Å². The number of rotatable bonds is 6. The molecule has 0 spiro atoms. The first kappa shape index (κ1) is 14.0. The number of hydrogen-bond acceptors (Lipinski definition) is 5. The maximum absolute atomic E-state index is 5.84. The summed E-state index contributed by atoms with van der Waals surface area (Å²) in [5, 5.41) is 3.33. The monoisotopic (exact) mass is 286 g/mol. The number of nitrogens with two attached hydrogens (primary N) is 1. The lowest BCUT2D eigenvalue weighted by Gasteiger charge is -2.31. The molecule has 0 saturated heterocycles. The average molecular weight is 286 g/mol. The largest absolute Gasteiger partial charge is 0.363 e. The predicted octanol–water partition coefficient (Wildman–Crippen LogP) is 1.90. The first-order valence-electron chi connectivity index (χ1n) is 7.57. The van der Waals surface area contributed by atoms with Crippen molar-refractivity contribution in [1.29, 1.82) is 0 Å². The van der Waals surface area contributed by atoms with Crippen LogP contribution >= 0.6 is 0 Å². The summed E-state index contributed by atoms with van der Waals surface area (Å²) in [7, 11) is 0. The molecule has 6 heteroatoms. The fraction of sp³-hybridized carbons (Fsp3) is 0.533. The van der Waals surface area contributed by atoms with Crippen molar-refractivity contribution in [2.75, 3.05) is 5.32 Å². The van der Waals surface area contributed by atoms with Gasteiger partial charge in [-0.15, -0.1) is 0 Å². The molecule has 3 rings (SSSR count). The highest BCUT2D eigenvalue weighted by Crippen LogP contribution is 2.34. The van der Waals surface area contributed by atoms with Crippen LogP contribution in [0, 0.1) is 0 Å². The highest BCUT2D eigenvalue weighted by molar-refractivity contribution is 5.36. The average Bonchev–Trinajstić information content (AvgIpc) is 2.90. The van der Waals surface area contributed by atoms with Gasteiger partial charge in [0.2, 0.25) is 0 Å². The van der Waals surface area contributed by atoms with Gasteiger partial charge in [0.1, 0.15) is 18.0 Å². The van der Waals surface area contributed by atoms with E-state index in [2.05, 4.69) is 31.8 Å². The summed E-state index contributed by atoms with van der Waals surface area (Å²) < 4.78 is 2.17. The van der Waals surface area contributed by atoms with Gasteiger partial charge < -0.3 is 15.6 Å². The second-order valence-electron chi connectivity index (χ2n) is 5.65. The lowest BCUT2D eigenvalue weighted by molar-refractivity contribution is 0.345. The first-order chi connectivity index (χ1) is 10.3. The minimum absolute atomic E-state index is 0.336. The smallest absolute Gasteiger partial charge is 0.129 e. The van der Waals surface area contributed by atoms with Gasteiger partial charge in [0.15, 0.2) is 0 Å². The number of aryl methyl sites for hydroxylation is 1. The second-order valence-corrected chi connectivity index (χ2v) is 5.65. The van der Waals surface area contributed by atoms with Crippen molar-refractivity contribution in [3.8, 4) is 0 Å². The number of imidazole rings is 1. The molecule has 2 heterocycles. The first-order valence-corrected chi connectivity index (χ1v) is 7.57. The number of nitrogens with one attached hydrogen (secondary N) is 1. The minimum Gasteiger partial charge on any atom is -0.363 e. The molecule has 0 bridgehead atoms. The molecular formula is C15H22N6. The third-order valence-electron chi connectivity index (χ3n) is 3.97. The van der Waals surface area contributed by atoms with E-state index in [0.717, 1.165) is 43.1 Å². The molecule has 0 aliphatic heterocycles. The Morgan fingerprint density at radius 3 is 2.95 bits per heavy atom. The maximum atomic E-state index is 5.84. The highest BCUT2D eigenvalue weighted by Gasteiger charge is 2.28. The molecular weight excluding hydrogens is 264 g/mol. The van der Waals surface area contributed by atoms with Crippen LogP contribution in [0.15, 0.2) is 24.8 Å². The molecule has 0 atom stereocenters. The van der Waals surface area contributed by atoms with E-state index in [1.807, 2.05) is 18.5 Å². The van der Waals surface area contributed by atoms with Gasteiger partial charge in [-0.2, -0.15) is 0 Å². The van der Waals surface area contributed by atoms with Crippen molar-refractivity contribution in [3.05, 3.63) is 36.3 Å². The number of aromatic nitrogens is 4. The lowest BCUT2D eigenvalue weighted by Crippen LogP contribution is -2.35. The van der Waals surface area contributed by atoms with Crippen LogP contribution in [0.2, 0.25) is 0 Å². The zero-order valence-electron chi connectivity index (χ0n) is 12.4. The van der Waals surface area contributed by atoms with Gasteiger partial charge in [-0.3, -0.25) is 0 Å². The quantitative estimate of drug-likeness (QED) is 0.847. The molecule has 1 saturated carbocycles. The number of nitrogens with zero attached hydrogens (tertiary/aromatic N) is 4. The van der Waals surface area contributed by atoms with Crippen molar-refractivity contribution >= 4 is 5.82 Å². The normalized spacial score (nSPS) is 21.0. The van der Waals surface area contributed by atoms with E-state index in [0.29, 0.717) is 18.5 Å². The Balaban J connectivity index is 1.62. The van der Waals surface area contributed by atoms with E-state index in [-0.39, 0.29) is 0 Å². The van der Waals surface area contributed by atoms with Gasteiger partial charge in [-0.25, -0.2) is 15.0 Å². The van der Waals surface area contributed by atoms with Crippen LogP contribution < -0.4 is 11.1 Å². The Morgan fingerprint density at radius 2 is 2.19 bits per heavy atom. The zero-order valence-corrected chi connectivity index (χ0v) is 12.4. The van der Waals surface area contributed by atoms with E-state index in [1.54, 1.807) is 6.33 Å². The van der Waals surface area contributed by atoms with Gasteiger partial charge in [0.25, 0.3) is 0 Å². The molecule has 1 aliphatic rings. The van der Waals surface area contributed by atoms with Crippen molar-refractivity contribution in [2.24, 2.45) is 5.73 Å². The third kappa shape index (κ3) is 3.21. The zero-order chi connectivity index (χ0) is 14.7. The fourth-order valence-corrected chi connectivity index (χ4v) is 2.72. The summed E-state index contributed by atoms with van der Waals surface area (Å²) in [5.74, 6) is 2.37. The Bertz CT molecular complexity index is 587. The second kappa shape index (κ2) is 6.22. The summed E-state index contributed by atoms with van der Waals surface area (Å²) in [6.45, 7) is 3.83. The number of hydrogen-bond donors (Lipinski definition) is 2. The fourth-order valence-electron chi connectivity index (χ4n) is 2.72. The van der Waals surface area contributed by atoms with Crippen molar-refractivity contribution in [1.82, 2.24) is 19.5 Å².